The van der Waals surface area contributed by atoms with Crippen LogP contribution < -0.4 is 0 Å². The van der Waals surface area contributed by atoms with Gasteiger partial charge in [-0.3, -0.25) is 4.79 Å². The number of benzene rings is 1. The Kier molecular flexibility index (Phi) is 5.90. The van der Waals surface area contributed by atoms with Crippen molar-refractivity contribution in [1.82, 2.24) is 4.90 Å². The first-order valence-corrected chi connectivity index (χ1v) is 9.34. The second kappa shape index (κ2) is 7.99. The number of allylic oxidation sites excluding steroid dienone is 1. The molecule has 1 saturated heterocycles. The highest BCUT2D eigenvalue weighted by Gasteiger charge is 2.38. The van der Waals surface area contributed by atoms with Crippen LogP contribution in [0.25, 0.3) is 0 Å². The highest BCUT2D eigenvalue weighted by atomic mass is 35.5. The van der Waals surface area contributed by atoms with Crippen LogP contribution in [-0.2, 0) is 19.1 Å². The molecule has 7 heteroatoms. The van der Waals surface area contributed by atoms with Crippen LogP contribution in [0.1, 0.15) is 37.7 Å². The number of hydrogen-bond donors (Lipinski definition) is 0. The van der Waals surface area contributed by atoms with Gasteiger partial charge in [-0.15, -0.1) is 0 Å². The van der Waals surface area contributed by atoms with Crippen LogP contribution >= 0.6 is 23.2 Å². The molecule has 1 fully saturated rings. The fourth-order valence-electron chi connectivity index (χ4n) is 3.62. The minimum absolute atomic E-state index is 0.00863. The van der Waals surface area contributed by atoms with E-state index < -0.39 is 11.9 Å². The topological polar surface area (TPSA) is 55.8 Å². The van der Waals surface area contributed by atoms with E-state index in [-0.39, 0.29) is 18.4 Å². The molecule has 0 radical (unpaired) electrons. The molecule has 0 N–H and O–H groups in total. The fourth-order valence-corrected chi connectivity index (χ4v) is 3.92. The number of carbonyl (C=O) groups excluding carboxylic acids is 2. The van der Waals surface area contributed by atoms with Crippen molar-refractivity contribution in [1.29, 1.82) is 0 Å². The molecule has 140 valence electrons. The Morgan fingerprint density at radius 1 is 1.35 bits per heavy atom. The fraction of sp³-hybridized carbons (Fsp3) is 0.474. The number of amides is 1. The van der Waals surface area contributed by atoms with Gasteiger partial charge in [0.25, 0.3) is 0 Å². The largest absolute Gasteiger partial charge is 0.466 e. The molecular weight excluding hydrogens is 377 g/mol. The molecule has 26 heavy (non-hydrogen) atoms. The zero-order chi connectivity index (χ0) is 18.8. The van der Waals surface area contributed by atoms with Crippen molar-refractivity contribution < 1.29 is 19.1 Å². The average molecular weight is 398 g/mol. The molecular formula is C19H21Cl2NO4. The van der Waals surface area contributed by atoms with Crippen LogP contribution in [0, 0.1) is 0 Å². The molecule has 0 bridgehead atoms. The standard InChI is InChI=1S/C19H21Cl2NO4/c1-11-18(19(24)25-2)14(12-5-6-15(20)16(21)8-12)9-17(23)22(11)10-13-4-3-7-26-13/h5-6,8,13-14H,3-4,7,9-10H2,1-2H3/t13-,14+/m0/s1. The lowest BCUT2D eigenvalue weighted by atomic mass is 9.83. The summed E-state index contributed by atoms with van der Waals surface area (Å²) in [4.78, 5) is 27.0. The van der Waals surface area contributed by atoms with E-state index in [0.717, 1.165) is 18.4 Å². The number of carbonyl (C=O) groups is 2. The molecule has 0 aromatic heterocycles. The first-order chi connectivity index (χ1) is 12.4. The number of halogens is 2. The van der Waals surface area contributed by atoms with E-state index in [1.54, 1.807) is 30.0 Å². The molecule has 3 rings (SSSR count). The van der Waals surface area contributed by atoms with Gasteiger partial charge in [0, 0.05) is 24.6 Å². The van der Waals surface area contributed by atoms with E-state index in [1.807, 2.05) is 0 Å². The van der Waals surface area contributed by atoms with Crippen molar-refractivity contribution >= 4 is 35.1 Å². The van der Waals surface area contributed by atoms with Crippen molar-refractivity contribution in [3.8, 4) is 0 Å². The van der Waals surface area contributed by atoms with Crippen LogP contribution in [0.3, 0.4) is 0 Å². The van der Waals surface area contributed by atoms with Crippen LogP contribution in [0.4, 0.5) is 0 Å². The van der Waals surface area contributed by atoms with Gasteiger partial charge in [0.15, 0.2) is 0 Å². The Labute approximate surface area is 162 Å². The smallest absolute Gasteiger partial charge is 0.336 e. The second-order valence-electron chi connectivity index (χ2n) is 6.56. The first kappa shape index (κ1) is 19.2. The van der Waals surface area contributed by atoms with Gasteiger partial charge in [-0.1, -0.05) is 29.3 Å². The van der Waals surface area contributed by atoms with Gasteiger partial charge in [-0.2, -0.15) is 0 Å². The predicted octanol–water partition coefficient (Wildman–Crippen LogP) is 3.94. The van der Waals surface area contributed by atoms with Crippen LogP contribution in [0.5, 0.6) is 0 Å². The van der Waals surface area contributed by atoms with Crippen molar-refractivity contribution in [2.75, 3.05) is 20.3 Å². The highest BCUT2D eigenvalue weighted by Crippen LogP contribution is 2.39. The lowest BCUT2D eigenvalue weighted by Gasteiger charge is -2.35. The molecule has 2 heterocycles. The highest BCUT2D eigenvalue weighted by molar-refractivity contribution is 6.42. The van der Waals surface area contributed by atoms with Gasteiger partial charge in [0.1, 0.15) is 0 Å². The summed E-state index contributed by atoms with van der Waals surface area (Å²) in [6.45, 7) is 2.95. The summed E-state index contributed by atoms with van der Waals surface area (Å²) < 4.78 is 10.6. The Morgan fingerprint density at radius 3 is 2.73 bits per heavy atom. The van der Waals surface area contributed by atoms with Gasteiger partial charge < -0.3 is 14.4 Å². The quantitative estimate of drug-likeness (QED) is 0.722. The number of esters is 1. The maximum atomic E-state index is 12.8. The lowest BCUT2D eigenvalue weighted by molar-refractivity contribution is -0.138. The number of hydrogen-bond acceptors (Lipinski definition) is 4. The summed E-state index contributed by atoms with van der Waals surface area (Å²) in [5.41, 5.74) is 1.85. The van der Waals surface area contributed by atoms with Crippen LogP contribution in [-0.4, -0.2) is 43.1 Å². The zero-order valence-electron chi connectivity index (χ0n) is 14.8. The van der Waals surface area contributed by atoms with Crippen LogP contribution in [0.2, 0.25) is 10.0 Å². The van der Waals surface area contributed by atoms with Gasteiger partial charge in [-0.05, 0) is 37.5 Å². The molecule has 0 unspecified atom stereocenters. The van der Waals surface area contributed by atoms with E-state index >= 15 is 0 Å². The molecule has 1 aromatic rings. The third-order valence-electron chi connectivity index (χ3n) is 4.98. The SMILES string of the molecule is COC(=O)C1=C(C)N(C[C@@H]2CCCO2)C(=O)C[C@@H]1c1ccc(Cl)c(Cl)c1. The number of nitrogens with zero attached hydrogens (tertiary/aromatic N) is 1. The van der Waals surface area contributed by atoms with Gasteiger partial charge in [-0.25, -0.2) is 4.79 Å². The van der Waals surface area contributed by atoms with Crippen molar-refractivity contribution in [3.63, 3.8) is 0 Å². The van der Waals surface area contributed by atoms with E-state index in [4.69, 9.17) is 32.7 Å². The van der Waals surface area contributed by atoms with Gasteiger partial charge in [0.05, 0.1) is 35.4 Å². The Balaban J connectivity index is 1.99. The van der Waals surface area contributed by atoms with E-state index in [1.165, 1.54) is 7.11 Å². The number of ether oxygens (including phenoxy) is 2. The third kappa shape index (κ3) is 3.75. The van der Waals surface area contributed by atoms with Gasteiger partial charge in [0.2, 0.25) is 5.91 Å². The average Bonchev–Trinajstić information content (AvgIpc) is 3.13. The molecule has 0 spiro atoms. The molecule has 5 nitrogen and oxygen atoms in total. The maximum Gasteiger partial charge on any atom is 0.336 e. The molecule has 2 atom stereocenters. The predicted molar refractivity (Wildman–Crippen MR) is 99.2 cm³/mol. The lowest BCUT2D eigenvalue weighted by Crippen LogP contribution is -2.42. The summed E-state index contributed by atoms with van der Waals surface area (Å²) in [7, 11) is 1.34. The van der Waals surface area contributed by atoms with E-state index in [9.17, 15) is 9.59 Å². The zero-order valence-corrected chi connectivity index (χ0v) is 16.3. The molecule has 0 aliphatic carbocycles. The molecule has 0 saturated carbocycles. The van der Waals surface area contributed by atoms with Gasteiger partial charge >= 0.3 is 5.97 Å². The molecule has 2 aliphatic heterocycles. The third-order valence-corrected chi connectivity index (χ3v) is 5.72. The summed E-state index contributed by atoms with van der Waals surface area (Å²) in [6.07, 6.45) is 2.09. The van der Waals surface area contributed by atoms with E-state index in [2.05, 4.69) is 0 Å². The van der Waals surface area contributed by atoms with Crippen LogP contribution in [0.15, 0.2) is 29.5 Å². The number of rotatable bonds is 4. The summed E-state index contributed by atoms with van der Waals surface area (Å²) in [5.74, 6) is -0.893. The summed E-state index contributed by atoms with van der Waals surface area (Å²) in [5, 5.41) is 0.818. The van der Waals surface area contributed by atoms with E-state index in [0.29, 0.717) is 34.5 Å². The minimum atomic E-state index is -0.441. The monoisotopic (exact) mass is 397 g/mol. The molecule has 1 amide bonds. The van der Waals surface area contributed by atoms with Crippen molar-refractivity contribution in [2.45, 2.75) is 38.2 Å². The molecule has 1 aromatic carbocycles. The summed E-state index contributed by atoms with van der Waals surface area (Å²) in [6, 6.07) is 5.17. The number of methoxy groups -OCH3 is 1. The minimum Gasteiger partial charge on any atom is -0.466 e. The Morgan fingerprint density at radius 2 is 2.12 bits per heavy atom. The second-order valence-corrected chi connectivity index (χ2v) is 7.37. The van der Waals surface area contributed by atoms with Crippen molar-refractivity contribution in [3.05, 3.63) is 45.1 Å². The van der Waals surface area contributed by atoms with Crippen molar-refractivity contribution in [2.24, 2.45) is 0 Å². The summed E-state index contributed by atoms with van der Waals surface area (Å²) >= 11 is 12.1. The Hall–Kier alpha value is -1.56. The maximum absolute atomic E-state index is 12.8. The molecule has 2 aliphatic rings. The normalized spacial score (nSPS) is 23.5. The first-order valence-electron chi connectivity index (χ1n) is 8.58. The Bertz CT molecular complexity index is 756.